The molecular weight excluding hydrogens is 257 g/mol. The van der Waals surface area contributed by atoms with Gasteiger partial charge in [0.05, 0.1) is 10.6 Å². The Morgan fingerprint density at radius 1 is 1.39 bits per heavy atom. The number of nitriles is 1. The number of benzene rings is 1. The SMILES string of the molecule is N#Cc1ccnc(Oc2ccc(Cl)c(F)c2)c1N. The Balaban J connectivity index is 2.35. The van der Waals surface area contributed by atoms with Gasteiger partial charge in [-0.3, -0.25) is 0 Å². The second-order valence-electron chi connectivity index (χ2n) is 3.37. The van der Waals surface area contributed by atoms with Crippen LogP contribution in [-0.2, 0) is 0 Å². The molecule has 0 spiro atoms. The van der Waals surface area contributed by atoms with Crippen LogP contribution < -0.4 is 10.5 Å². The molecule has 0 aliphatic heterocycles. The molecule has 1 aromatic carbocycles. The second kappa shape index (κ2) is 4.90. The standard InChI is InChI=1S/C12H7ClFN3O/c13-9-2-1-8(5-10(9)14)18-12-11(16)7(6-15)3-4-17-12/h1-5H,16H2. The predicted molar refractivity (Wildman–Crippen MR) is 64.8 cm³/mol. The summed E-state index contributed by atoms with van der Waals surface area (Å²) in [5.74, 6) is -0.355. The zero-order valence-corrected chi connectivity index (χ0v) is 9.78. The van der Waals surface area contributed by atoms with Crippen LogP contribution in [0.4, 0.5) is 10.1 Å². The molecule has 4 nitrogen and oxygen atoms in total. The van der Waals surface area contributed by atoms with Crippen molar-refractivity contribution >= 4 is 17.3 Å². The van der Waals surface area contributed by atoms with E-state index in [0.29, 0.717) is 0 Å². The Hall–Kier alpha value is -2.32. The normalized spacial score (nSPS) is 9.83. The molecule has 2 rings (SSSR count). The molecule has 0 fully saturated rings. The summed E-state index contributed by atoms with van der Waals surface area (Å²) in [6.07, 6.45) is 1.39. The van der Waals surface area contributed by atoms with Crippen molar-refractivity contribution in [2.24, 2.45) is 0 Å². The molecule has 0 radical (unpaired) electrons. The van der Waals surface area contributed by atoms with E-state index >= 15 is 0 Å². The van der Waals surface area contributed by atoms with Crippen molar-refractivity contribution in [2.75, 3.05) is 5.73 Å². The first-order chi connectivity index (χ1) is 8.61. The van der Waals surface area contributed by atoms with Crippen LogP contribution in [0.3, 0.4) is 0 Å². The Bertz CT molecular complexity index is 640. The highest BCUT2D eigenvalue weighted by atomic mass is 35.5. The fourth-order valence-electron chi connectivity index (χ4n) is 1.28. The molecule has 0 aliphatic carbocycles. The van der Waals surface area contributed by atoms with Crippen LogP contribution in [0.2, 0.25) is 5.02 Å². The van der Waals surface area contributed by atoms with E-state index in [9.17, 15) is 4.39 Å². The number of rotatable bonds is 2. The van der Waals surface area contributed by atoms with Gasteiger partial charge in [0.1, 0.15) is 23.3 Å². The van der Waals surface area contributed by atoms with Gasteiger partial charge >= 0.3 is 0 Å². The first-order valence-electron chi connectivity index (χ1n) is 4.89. The van der Waals surface area contributed by atoms with Crippen LogP contribution >= 0.6 is 11.6 Å². The Kier molecular flexibility index (Phi) is 3.31. The molecule has 0 amide bonds. The number of anilines is 1. The molecule has 1 heterocycles. The largest absolute Gasteiger partial charge is 0.437 e. The zero-order valence-electron chi connectivity index (χ0n) is 9.02. The van der Waals surface area contributed by atoms with Gasteiger partial charge in [0.25, 0.3) is 0 Å². The van der Waals surface area contributed by atoms with Gasteiger partial charge in [-0.15, -0.1) is 0 Å². The van der Waals surface area contributed by atoms with Crippen molar-refractivity contribution in [1.82, 2.24) is 4.98 Å². The fourth-order valence-corrected chi connectivity index (χ4v) is 1.40. The number of hydrogen-bond donors (Lipinski definition) is 1. The van der Waals surface area contributed by atoms with Crippen LogP contribution in [0.25, 0.3) is 0 Å². The molecule has 0 saturated heterocycles. The highest BCUT2D eigenvalue weighted by molar-refractivity contribution is 6.30. The van der Waals surface area contributed by atoms with Crippen molar-refractivity contribution in [3.05, 3.63) is 46.9 Å². The number of aromatic nitrogens is 1. The summed E-state index contributed by atoms with van der Waals surface area (Å²) < 4.78 is 18.5. The summed E-state index contributed by atoms with van der Waals surface area (Å²) in [6.45, 7) is 0. The highest BCUT2D eigenvalue weighted by Crippen LogP contribution is 2.29. The van der Waals surface area contributed by atoms with Gasteiger partial charge in [-0.25, -0.2) is 9.37 Å². The van der Waals surface area contributed by atoms with Crippen LogP contribution in [-0.4, -0.2) is 4.98 Å². The fraction of sp³-hybridized carbons (Fsp3) is 0. The highest BCUT2D eigenvalue weighted by Gasteiger charge is 2.09. The van der Waals surface area contributed by atoms with Crippen LogP contribution in [0.5, 0.6) is 11.6 Å². The van der Waals surface area contributed by atoms with E-state index in [1.165, 1.54) is 24.4 Å². The topological polar surface area (TPSA) is 71.9 Å². The third-order valence-corrected chi connectivity index (χ3v) is 2.49. The van der Waals surface area contributed by atoms with E-state index in [0.717, 1.165) is 6.07 Å². The zero-order chi connectivity index (χ0) is 13.1. The third-order valence-electron chi connectivity index (χ3n) is 2.18. The van der Waals surface area contributed by atoms with E-state index < -0.39 is 5.82 Å². The van der Waals surface area contributed by atoms with Crippen molar-refractivity contribution in [1.29, 1.82) is 5.26 Å². The number of nitrogens with two attached hydrogens (primary N) is 1. The third kappa shape index (κ3) is 2.34. The molecule has 0 atom stereocenters. The van der Waals surface area contributed by atoms with Gasteiger partial charge in [-0.05, 0) is 18.2 Å². The van der Waals surface area contributed by atoms with Gasteiger partial charge in [0, 0.05) is 12.3 Å². The van der Waals surface area contributed by atoms with E-state index in [4.69, 9.17) is 27.3 Å². The molecule has 0 unspecified atom stereocenters. The summed E-state index contributed by atoms with van der Waals surface area (Å²) >= 11 is 5.55. The maximum Gasteiger partial charge on any atom is 0.244 e. The molecule has 90 valence electrons. The number of pyridine rings is 1. The Morgan fingerprint density at radius 3 is 2.83 bits per heavy atom. The summed E-state index contributed by atoms with van der Waals surface area (Å²) in [5, 5.41) is 8.79. The smallest absolute Gasteiger partial charge is 0.244 e. The summed E-state index contributed by atoms with van der Waals surface area (Å²) in [6, 6.07) is 7.31. The van der Waals surface area contributed by atoms with Crippen molar-refractivity contribution in [3.8, 4) is 17.7 Å². The minimum absolute atomic E-state index is 0.00550. The Labute approximate surface area is 107 Å². The van der Waals surface area contributed by atoms with Gasteiger partial charge in [-0.1, -0.05) is 11.6 Å². The van der Waals surface area contributed by atoms with Crippen molar-refractivity contribution < 1.29 is 9.13 Å². The number of halogens is 2. The average Bonchev–Trinajstić information content (AvgIpc) is 2.36. The lowest BCUT2D eigenvalue weighted by Gasteiger charge is -2.08. The maximum absolute atomic E-state index is 13.2. The van der Waals surface area contributed by atoms with Gasteiger partial charge in [0.2, 0.25) is 5.88 Å². The quantitative estimate of drug-likeness (QED) is 0.903. The average molecular weight is 264 g/mol. The molecule has 0 aliphatic rings. The first-order valence-corrected chi connectivity index (χ1v) is 5.27. The number of nitrogen functional groups attached to an aromatic ring is 1. The van der Waals surface area contributed by atoms with Crippen molar-refractivity contribution in [2.45, 2.75) is 0 Å². The lowest BCUT2D eigenvalue weighted by molar-refractivity contribution is 0.460. The molecule has 6 heteroatoms. The first kappa shape index (κ1) is 12.1. The lowest BCUT2D eigenvalue weighted by Crippen LogP contribution is -1.98. The molecule has 2 aromatic rings. The molecule has 18 heavy (non-hydrogen) atoms. The van der Waals surface area contributed by atoms with Gasteiger partial charge in [0.15, 0.2) is 0 Å². The van der Waals surface area contributed by atoms with Crippen LogP contribution in [0, 0.1) is 17.1 Å². The number of hydrogen-bond acceptors (Lipinski definition) is 4. The summed E-state index contributed by atoms with van der Waals surface area (Å²) in [7, 11) is 0. The minimum Gasteiger partial charge on any atom is -0.437 e. The predicted octanol–water partition coefficient (Wildman–Crippen LogP) is 3.12. The molecule has 0 bridgehead atoms. The maximum atomic E-state index is 13.2. The monoisotopic (exact) mass is 263 g/mol. The van der Waals surface area contributed by atoms with E-state index in [2.05, 4.69) is 4.98 Å². The number of nitrogens with zero attached hydrogens (tertiary/aromatic N) is 2. The molecule has 1 aromatic heterocycles. The molecule has 0 saturated carbocycles. The van der Waals surface area contributed by atoms with E-state index in [1.54, 1.807) is 0 Å². The minimum atomic E-state index is -0.607. The summed E-state index contributed by atoms with van der Waals surface area (Å²) in [5.41, 5.74) is 6.03. The molecule has 2 N–H and O–H groups in total. The summed E-state index contributed by atoms with van der Waals surface area (Å²) in [4.78, 5) is 3.88. The van der Waals surface area contributed by atoms with Crippen LogP contribution in [0.1, 0.15) is 5.56 Å². The molecular formula is C12H7ClFN3O. The lowest BCUT2D eigenvalue weighted by atomic mass is 10.2. The van der Waals surface area contributed by atoms with E-state index in [-0.39, 0.29) is 27.9 Å². The number of ether oxygens (including phenoxy) is 1. The van der Waals surface area contributed by atoms with Crippen molar-refractivity contribution in [3.63, 3.8) is 0 Å². The Morgan fingerprint density at radius 2 is 2.17 bits per heavy atom. The van der Waals surface area contributed by atoms with Gasteiger partial charge < -0.3 is 10.5 Å². The van der Waals surface area contributed by atoms with E-state index in [1.807, 2.05) is 6.07 Å². The van der Waals surface area contributed by atoms with Crippen LogP contribution in [0.15, 0.2) is 30.5 Å². The van der Waals surface area contributed by atoms with Gasteiger partial charge in [-0.2, -0.15) is 5.26 Å². The second-order valence-corrected chi connectivity index (χ2v) is 3.77.